The Balaban J connectivity index is 2.29. The molecule has 2 atom stereocenters. The zero-order valence-electron chi connectivity index (χ0n) is 12.3. The second kappa shape index (κ2) is 6.78. The van der Waals surface area contributed by atoms with Crippen LogP contribution in [0.5, 0.6) is 0 Å². The molecule has 2 rings (SSSR count). The van der Waals surface area contributed by atoms with E-state index in [9.17, 15) is 23.1 Å². The Morgan fingerprint density at radius 3 is 2.77 bits per heavy atom. The zero-order valence-corrected chi connectivity index (χ0v) is 13.9. The lowest BCUT2D eigenvalue weighted by atomic mass is 9.85. The van der Waals surface area contributed by atoms with Crippen molar-refractivity contribution < 1.29 is 23.1 Å². The van der Waals surface area contributed by atoms with E-state index in [1.807, 2.05) is 10.8 Å². The van der Waals surface area contributed by atoms with Crippen LogP contribution in [0.15, 0.2) is 16.8 Å². The molecule has 0 unspecified atom stereocenters. The molecular weight excluding hydrogens is 326 g/mol. The van der Waals surface area contributed by atoms with E-state index >= 15 is 0 Å². The fourth-order valence-electron chi connectivity index (χ4n) is 2.71. The summed E-state index contributed by atoms with van der Waals surface area (Å²) in [7, 11) is -3.21. The molecule has 1 fully saturated rings. The molecule has 0 saturated carbocycles. The summed E-state index contributed by atoms with van der Waals surface area (Å²) in [5.74, 6) is -1.95. The molecular formula is C14H19NO5S2. The van der Waals surface area contributed by atoms with E-state index < -0.39 is 27.8 Å². The van der Waals surface area contributed by atoms with Crippen molar-refractivity contribution in [3.05, 3.63) is 22.4 Å². The number of rotatable bonds is 6. The molecule has 1 saturated heterocycles. The van der Waals surface area contributed by atoms with Crippen LogP contribution in [-0.2, 0) is 19.4 Å². The van der Waals surface area contributed by atoms with Gasteiger partial charge in [-0.15, -0.1) is 0 Å². The predicted molar refractivity (Wildman–Crippen MR) is 83.5 cm³/mol. The lowest BCUT2D eigenvalue weighted by molar-refractivity contribution is -0.151. The van der Waals surface area contributed by atoms with Crippen LogP contribution in [-0.4, -0.2) is 48.4 Å². The minimum atomic E-state index is -3.21. The lowest BCUT2D eigenvalue weighted by Crippen LogP contribution is -2.47. The number of carboxylic acids is 1. The number of sulfone groups is 1. The van der Waals surface area contributed by atoms with E-state index in [0.717, 1.165) is 5.56 Å². The van der Waals surface area contributed by atoms with E-state index in [1.165, 1.54) is 16.2 Å². The molecule has 0 aliphatic carbocycles. The molecule has 6 nitrogen and oxygen atoms in total. The summed E-state index contributed by atoms with van der Waals surface area (Å²) in [6.45, 7) is 1.60. The molecule has 0 spiro atoms. The topological polar surface area (TPSA) is 91.8 Å². The number of hydrogen-bond donors (Lipinski definition) is 1. The molecule has 1 amide bonds. The van der Waals surface area contributed by atoms with E-state index in [4.69, 9.17) is 0 Å². The van der Waals surface area contributed by atoms with Gasteiger partial charge in [-0.05, 0) is 28.8 Å². The van der Waals surface area contributed by atoms with Gasteiger partial charge in [0, 0.05) is 18.7 Å². The maximum atomic E-state index is 12.2. The highest BCUT2D eigenvalue weighted by atomic mass is 32.2. The standard InChI is InChI=1S/C14H19NO5S2/c1-2-22(19,20)8-6-15-12(16)4-3-11(14(17)18)13(15)10-5-7-21-9-10/h5,7,9,11,13H,2-4,6,8H2,1H3,(H,17,18)/t11-,13+/m0/s1. The fraction of sp³-hybridized carbons (Fsp3) is 0.571. The SMILES string of the molecule is CCS(=O)(=O)CCN1C(=O)CC[C@H](C(=O)O)[C@H]1c1ccsc1. The van der Waals surface area contributed by atoms with Gasteiger partial charge < -0.3 is 10.0 Å². The Kier molecular flexibility index (Phi) is 5.23. The van der Waals surface area contributed by atoms with Crippen LogP contribution in [0.4, 0.5) is 0 Å². The summed E-state index contributed by atoms with van der Waals surface area (Å²) in [5, 5.41) is 13.1. The molecule has 1 aromatic heterocycles. The maximum absolute atomic E-state index is 12.2. The number of hydrogen-bond acceptors (Lipinski definition) is 5. The zero-order chi connectivity index (χ0) is 16.3. The van der Waals surface area contributed by atoms with Crippen molar-refractivity contribution in [2.45, 2.75) is 25.8 Å². The highest BCUT2D eigenvalue weighted by molar-refractivity contribution is 7.91. The highest BCUT2D eigenvalue weighted by Gasteiger charge is 2.41. The summed E-state index contributed by atoms with van der Waals surface area (Å²) < 4.78 is 23.4. The quantitative estimate of drug-likeness (QED) is 0.844. The van der Waals surface area contributed by atoms with Crippen LogP contribution < -0.4 is 0 Å². The Labute approximate surface area is 133 Å². The van der Waals surface area contributed by atoms with Crippen LogP contribution in [0.3, 0.4) is 0 Å². The van der Waals surface area contributed by atoms with Gasteiger partial charge in [-0.3, -0.25) is 9.59 Å². The van der Waals surface area contributed by atoms with Gasteiger partial charge in [0.05, 0.1) is 17.7 Å². The van der Waals surface area contributed by atoms with Gasteiger partial charge in [0.2, 0.25) is 5.91 Å². The number of carboxylic acid groups (broad SMARTS) is 1. The Bertz CT molecular complexity index is 638. The van der Waals surface area contributed by atoms with Crippen molar-refractivity contribution in [1.29, 1.82) is 0 Å². The third-order valence-electron chi connectivity index (χ3n) is 3.99. The minimum absolute atomic E-state index is 0.0144. The van der Waals surface area contributed by atoms with Gasteiger partial charge in [0.15, 0.2) is 9.84 Å². The monoisotopic (exact) mass is 345 g/mol. The highest BCUT2D eigenvalue weighted by Crippen LogP contribution is 2.37. The normalized spacial score (nSPS) is 22.8. The Hall–Kier alpha value is -1.41. The first kappa shape index (κ1) is 17.0. The van der Waals surface area contributed by atoms with Crippen molar-refractivity contribution in [3.63, 3.8) is 0 Å². The van der Waals surface area contributed by atoms with Gasteiger partial charge in [-0.2, -0.15) is 11.3 Å². The summed E-state index contributed by atoms with van der Waals surface area (Å²) in [6, 6.07) is 1.21. The Morgan fingerprint density at radius 1 is 1.50 bits per heavy atom. The second-order valence-electron chi connectivity index (χ2n) is 5.31. The average molecular weight is 345 g/mol. The predicted octanol–water partition coefficient (Wildman–Crippen LogP) is 1.55. The number of nitrogens with zero attached hydrogens (tertiary/aromatic N) is 1. The summed E-state index contributed by atoms with van der Waals surface area (Å²) >= 11 is 1.43. The van der Waals surface area contributed by atoms with Crippen molar-refractivity contribution in [2.24, 2.45) is 5.92 Å². The molecule has 122 valence electrons. The second-order valence-corrected chi connectivity index (χ2v) is 8.56. The first-order chi connectivity index (χ1) is 10.4. The molecule has 1 aromatic rings. The van der Waals surface area contributed by atoms with Crippen LogP contribution in [0.25, 0.3) is 0 Å². The molecule has 2 heterocycles. The third kappa shape index (κ3) is 3.67. The van der Waals surface area contributed by atoms with Gasteiger partial charge in [-0.25, -0.2) is 8.42 Å². The molecule has 1 N–H and O–H groups in total. The van der Waals surface area contributed by atoms with Gasteiger partial charge in [0.1, 0.15) is 0 Å². The molecule has 0 aromatic carbocycles. The molecule has 1 aliphatic rings. The number of carbonyl (C=O) groups excluding carboxylic acids is 1. The van der Waals surface area contributed by atoms with Gasteiger partial charge in [-0.1, -0.05) is 6.92 Å². The lowest BCUT2D eigenvalue weighted by Gasteiger charge is -2.39. The fourth-order valence-corrected chi connectivity index (χ4v) is 4.17. The molecule has 1 aliphatic heterocycles. The number of aliphatic carboxylic acids is 1. The van der Waals surface area contributed by atoms with E-state index in [1.54, 1.807) is 13.0 Å². The van der Waals surface area contributed by atoms with Crippen LogP contribution >= 0.6 is 11.3 Å². The molecule has 0 radical (unpaired) electrons. The summed E-state index contributed by atoms with van der Waals surface area (Å²) in [4.78, 5) is 25.2. The van der Waals surface area contributed by atoms with Crippen molar-refractivity contribution in [2.75, 3.05) is 18.1 Å². The van der Waals surface area contributed by atoms with Crippen molar-refractivity contribution in [1.82, 2.24) is 4.90 Å². The third-order valence-corrected chi connectivity index (χ3v) is 6.38. The number of carbonyl (C=O) groups is 2. The van der Waals surface area contributed by atoms with E-state index in [2.05, 4.69) is 0 Å². The largest absolute Gasteiger partial charge is 0.481 e. The van der Waals surface area contributed by atoms with Crippen molar-refractivity contribution >= 4 is 33.1 Å². The minimum Gasteiger partial charge on any atom is -0.481 e. The first-order valence-electron chi connectivity index (χ1n) is 7.10. The number of likely N-dealkylation sites (tertiary alicyclic amines) is 1. The molecule has 22 heavy (non-hydrogen) atoms. The number of piperidine rings is 1. The van der Waals surface area contributed by atoms with Crippen molar-refractivity contribution in [3.8, 4) is 0 Å². The average Bonchev–Trinajstić information content (AvgIpc) is 2.99. The maximum Gasteiger partial charge on any atom is 0.308 e. The number of amides is 1. The smallest absolute Gasteiger partial charge is 0.308 e. The van der Waals surface area contributed by atoms with Gasteiger partial charge in [0.25, 0.3) is 0 Å². The first-order valence-corrected chi connectivity index (χ1v) is 9.87. The molecule has 0 bridgehead atoms. The number of thiophene rings is 1. The van der Waals surface area contributed by atoms with E-state index in [-0.39, 0.29) is 36.8 Å². The van der Waals surface area contributed by atoms with Gasteiger partial charge >= 0.3 is 5.97 Å². The Morgan fingerprint density at radius 2 is 2.23 bits per heavy atom. The van der Waals surface area contributed by atoms with Crippen LogP contribution in [0, 0.1) is 5.92 Å². The van der Waals surface area contributed by atoms with Crippen LogP contribution in [0.1, 0.15) is 31.4 Å². The van der Waals surface area contributed by atoms with Crippen LogP contribution in [0.2, 0.25) is 0 Å². The summed E-state index contributed by atoms with van der Waals surface area (Å²) in [5.41, 5.74) is 0.763. The molecule has 8 heteroatoms. The van der Waals surface area contributed by atoms with E-state index in [0.29, 0.717) is 0 Å². The summed E-state index contributed by atoms with van der Waals surface area (Å²) in [6.07, 6.45) is 0.426.